The summed E-state index contributed by atoms with van der Waals surface area (Å²) in [5.74, 6) is 1.88. The first-order valence-electron chi connectivity index (χ1n) is 1.52. The second-order valence-electron chi connectivity index (χ2n) is 0.697. The minimum absolute atomic E-state index is 1.08. The number of rotatable bonds is 1. The maximum atomic E-state index is 3.48. The topological polar surface area (TPSA) is 0 Å². The van der Waals surface area contributed by atoms with E-state index in [0.717, 1.165) is 7.28 Å². The molecule has 4 heavy (non-hydrogen) atoms. The zero-order valence-electron chi connectivity index (χ0n) is 2.99. The Bertz CT molecular complexity index is 18.0. The van der Waals surface area contributed by atoms with Gasteiger partial charge in [0.25, 0.3) is 0 Å². The molecule has 2 heteroatoms. The van der Waals surface area contributed by atoms with Crippen molar-refractivity contribution in [3.8, 4) is 0 Å². The van der Waals surface area contributed by atoms with Crippen molar-refractivity contribution in [1.29, 1.82) is 0 Å². The zero-order valence-corrected chi connectivity index (χ0v) is 2.99. The van der Waals surface area contributed by atoms with Crippen LogP contribution in [-0.4, -0.2) is 20.6 Å². The normalized spacial score (nSPS) is 5.00. The molecule has 0 fully saturated rings. The fourth-order valence-corrected chi connectivity index (χ4v) is 0. The van der Waals surface area contributed by atoms with E-state index in [4.69, 9.17) is 0 Å². The van der Waals surface area contributed by atoms with Crippen LogP contribution in [0.1, 0.15) is 0 Å². The summed E-state index contributed by atoms with van der Waals surface area (Å²) < 4.78 is 0. The van der Waals surface area contributed by atoms with Crippen molar-refractivity contribution in [1.82, 2.24) is 0 Å². The van der Waals surface area contributed by atoms with Crippen molar-refractivity contribution in [2.75, 3.05) is 0 Å². The molecular weight excluding hydrogens is 45.6 g/mol. The van der Waals surface area contributed by atoms with E-state index in [1.165, 1.54) is 0 Å². The van der Waals surface area contributed by atoms with E-state index in [-0.39, 0.29) is 0 Å². The summed E-state index contributed by atoms with van der Waals surface area (Å²) in [6.07, 6.45) is 0. The molecule has 20 valence electrons. The summed E-state index contributed by atoms with van der Waals surface area (Å²) in [4.78, 5) is 0. The summed E-state index contributed by atoms with van der Waals surface area (Å²) in [5.41, 5.74) is 0. The summed E-state index contributed by atoms with van der Waals surface area (Å²) in [7, 11) is 4.56. The molecule has 0 aromatic rings. The third-order valence-electron chi connectivity index (χ3n) is 0.289. The monoisotopic (exact) mass is 52.1 g/mol. The molecule has 0 saturated carbocycles. The van der Waals surface area contributed by atoms with Gasteiger partial charge in [-0.05, 0) is 0 Å². The van der Waals surface area contributed by atoms with Gasteiger partial charge in [-0.2, -0.15) is 0 Å². The van der Waals surface area contributed by atoms with Crippen molar-refractivity contribution < 1.29 is 0 Å². The second-order valence-corrected chi connectivity index (χ2v) is 0.697. The van der Waals surface area contributed by atoms with E-state index >= 15 is 0 Å². The Hall–Kier alpha value is -0.000130. The predicted molar refractivity (Wildman–Crippen MR) is 26.2 cm³/mol. The Morgan fingerprint density at radius 3 is 2.25 bits per heavy atom. The molecule has 0 heterocycles. The van der Waals surface area contributed by atoms with E-state index < -0.39 is 0 Å². The van der Waals surface area contributed by atoms with Gasteiger partial charge in [-0.15, -0.1) is 0 Å². The van der Waals surface area contributed by atoms with Gasteiger partial charge >= 0.3 is 27.5 Å². The first-order valence-corrected chi connectivity index (χ1v) is 1.52. The second kappa shape index (κ2) is 3.00. The van der Waals surface area contributed by atoms with Crippen LogP contribution in [0.25, 0.3) is 0 Å². The van der Waals surface area contributed by atoms with Crippen LogP contribution in [0, 0.1) is 0 Å². The fraction of sp³-hybridized carbons (Fsp3) is 0.500. The Morgan fingerprint density at radius 2 is 2.25 bits per heavy atom. The molecular formula is C2H6B2. The fourth-order valence-electron chi connectivity index (χ4n) is 0. The molecule has 0 atom stereocenters. The predicted octanol–water partition coefficient (Wildman–Crippen LogP) is -0.869. The molecule has 0 aliphatic heterocycles. The van der Waals surface area contributed by atoms with Crippen molar-refractivity contribution in [3.63, 3.8) is 0 Å². The molecule has 0 aromatic carbocycles. The van der Waals surface area contributed by atoms with Crippen molar-refractivity contribution in [3.05, 3.63) is 0 Å². The van der Waals surface area contributed by atoms with Crippen molar-refractivity contribution in [2.24, 2.45) is 0 Å². The van der Waals surface area contributed by atoms with Crippen LogP contribution in [-0.2, 0) is 0 Å². The molecule has 0 N–H and O–H groups in total. The van der Waals surface area contributed by atoms with Crippen molar-refractivity contribution in [2.45, 2.75) is 6.82 Å². The molecule has 0 rings (SSSR count). The quantitative estimate of drug-likeness (QED) is 0.340. The molecule has 0 bridgehead atoms. The van der Waals surface area contributed by atoms with Gasteiger partial charge in [-0.25, -0.2) is 0 Å². The standard InChI is InChI=1S/C2H6B2/c1-4-2-3/h2-4H,1H3. The summed E-state index contributed by atoms with van der Waals surface area (Å²) in [5, 5.41) is 0. The van der Waals surface area contributed by atoms with Gasteiger partial charge in [0.05, 0.1) is 0 Å². The molecule has 0 aliphatic rings. The van der Waals surface area contributed by atoms with Crippen LogP contribution in [0.5, 0.6) is 0 Å². The van der Waals surface area contributed by atoms with E-state index in [1.807, 2.05) is 5.87 Å². The maximum absolute atomic E-state index is 3.48. The van der Waals surface area contributed by atoms with Crippen LogP contribution >= 0.6 is 0 Å². The molecule has 0 saturated heterocycles. The zero-order chi connectivity index (χ0) is 3.41. The molecule has 0 amide bonds. The van der Waals surface area contributed by atoms with E-state index in [9.17, 15) is 0 Å². The first-order chi connectivity index (χ1) is 1.91. The van der Waals surface area contributed by atoms with Crippen LogP contribution in [0.4, 0.5) is 0 Å². The molecule has 0 aromatic heterocycles. The first kappa shape index (κ1) is 4.00. The van der Waals surface area contributed by atoms with E-state index in [1.54, 1.807) is 0 Å². The molecule has 0 spiro atoms. The van der Waals surface area contributed by atoms with E-state index in [0.29, 0.717) is 0 Å². The van der Waals surface area contributed by atoms with Gasteiger partial charge in [0, 0.05) is 0 Å². The van der Waals surface area contributed by atoms with Gasteiger partial charge in [-0.1, -0.05) is 0 Å². The van der Waals surface area contributed by atoms with Crippen LogP contribution in [0.15, 0.2) is 0 Å². The van der Waals surface area contributed by atoms with Gasteiger partial charge in [0.2, 0.25) is 0 Å². The summed E-state index contributed by atoms with van der Waals surface area (Å²) >= 11 is 0. The Morgan fingerprint density at radius 1 is 2.00 bits per heavy atom. The van der Waals surface area contributed by atoms with Crippen LogP contribution in [0.3, 0.4) is 0 Å². The Balaban J connectivity index is 2.30. The average molecular weight is 51.7 g/mol. The SMILES string of the molecule is B=CBC. The minimum atomic E-state index is 1.08. The van der Waals surface area contributed by atoms with Gasteiger partial charge < -0.3 is 0 Å². The third-order valence-corrected chi connectivity index (χ3v) is 0.289. The Labute approximate surface area is 28.5 Å². The Kier molecular flexibility index (Phi) is 3.00. The molecule has 0 aliphatic carbocycles. The van der Waals surface area contributed by atoms with Crippen LogP contribution < -0.4 is 0 Å². The van der Waals surface area contributed by atoms with Crippen molar-refractivity contribution >= 4 is 20.6 Å². The summed E-state index contributed by atoms with van der Waals surface area (Å²) in [6, 6.07) is 0. The molecule has 0 unspecified atom stereocenters. The van der Waals surface area contributed by atoms with E-state index in [2.05, 4.69) is 14.3 Å². The van der Waals surface area contributed by atoms with Crippen LogP contribution in [0.2, 0.25) is 6.82 Å². The van der Waals surface area contributed by atoms with Gasteiger partial charge in [0.15, 0.2) is 0 Å². The summed E-state index contributed by atoms with van der Waals surface area (Å²) in [6.45, 7) is 2.06. The molecule has 0 nitrogen and oxygen atoms in total. The third kappa shape index (κ3) is 2.00. The number of hydrogen-bond acceptors (Lipinski definition) is 0. The average Bonchev–Trinajstić information content (AvgIpc) is 1.37. The number of hydrogen-bond donors (Lipinski definition) is 0. The van der Waals surface area contributed by atoms with Gasteiger partial charge in [-0.3, -0.25) is 0 Å². The van der Waals surface area contributed by atoms with Gasteiger partial charge in [0.1, 0.15) is 0 Å². The molecule has 0 radical (unpaired) electrons.